The van der Waals surface area contributed by atoms with Crippen molar-refractivity contribution in [1.82, 2.24) is 5.32 Å². The summed E-state index contributed by atoms with van der Waals surface area (Å²) in [6.07, 6.45) is 2.14. The van der Waals surface area contributed by atoms with E-state index in [1.165, 1.54) is 0 Å². The molecule has 0 saturated carbocycles. The van der Waals surface area contributed by atoms with Gasteiger partial charge < -0.3 is 5.32 Å². The number of nitriles is 2. The van der Waals surface area contributed by atoms with Crippen LogP contribution in [0.2, 0.25) is 5.02 Å². The highest BCUT2D eigenvalue weighted by Crippen LogP contribution is 2.44. The minimum absolute atomic E-state index is 0.482. The zero-order chi connectivity index (χ0) is 19.9. The van der Waals surface area contributed by atoms with E-state index in [-0.39, 0.29) is 0 Å². The molecular formula is C23H20ClN3S. The Labute approximate surface area is 175 Å². The van der Waals surface area contributed by atoms with Crippen LogP contribution in [-0.4, -0.2) is 5.75 Å². The van der Waals surface area contributed by atoms with Crippen LogP contribution in [0.15, 0.2) is 70.8 Å². The topological polar surface area (TPSA) is 59.6 Å². The number of allylic oxidation sites excluding steroid dienone is 2. The van der Waals surface area contributed by atoms with Gasteiger partial charge in [-0.25, -0.2) is 0 Å². The van der Waals surface area contributed by atoms with Crippen molar-refractivity contribution < 1.29 is 0 Å². The average Bonchev–Trinajstić information content (AvgIpc) is 2.74. The van der Waals surface area contributed by atoms with Crippen LogP contribution in [0.25, 0.3) is 5.70 Å². The smallest absolute Gasteiger partial charge is 0.0985 e. The summed E-state index contributed by atoms with van der Waals surface area (Å²) in [7, 11) is 0. The molecular weight excluding hydrogens is 386 g/mol. The van der Waals surface area contributed by atoms with Crippen LogP contribution in [0.3, 0.4) is 0 Å². The molecule has 1 aliphatic rings. The molecule has 1 aliphatic heterocycles. The number of benzene rings is 2. The van der Waals surface area contributed by atoms with Gasteiger partial charge in [0.15, 0.2) is 0 Å². The van der Waals surface area contributed by atoms with Gasteiger partial charge in [0.25, 0.3) is 0 Å². The molecule has 5 heteroatoms. The number of hydrogen-bond acceptors (Lipinski definition) is 4. The second-order valence-corrected chi connectivity index (χ2v) is 7.92. The third-order valence-electron chi connectivity index (χ3n) is 4.59. The average molecular weight is 406 g/mol. The van der Waals surface area contributed by atoms with Gasteiger partial charge in [-0.05, 0) is 29.4 Å². The van der Waals surface area contributed by atoms with E-state index in [0.29, 0.717) is 16.2 Å². The molecule has 0 aliphatic carbocycles. The van der Waals surface area contributed by atoms with Gasteiger partial charge in [-0.2, -0.15) is 10.5 Å². The molecule has 0 aromatic heterocycles. The third kappa shape index (κ3) is 4.09. The van der Waals surface area contributed by atoms with Crippen LogP contribution in [0.1, 0.15) is 36.8 Å². The SMILES string of the molecule is CCCCSC1=C(C#N)[C@@H](c2ccccc2Cl)C(C#N)=C(c2ccccc2)N1. The minimum atomic E-state index is -0.482. The number of rotatable bonds is 6. The van der Waals surface area contributed by atoms with E-state index in [0.717, 1.165) is 40.4 Å². The summed E-state index contributed by atoms with van der Waals surface area (Å²) < 4.78 is 0. The Kier molecular flexibility index (Phi) is 6.82. The summed E-state index contributed by atoms with van der Waals surface area (Å²) in [5, 5.41) is 24.7. The maximum Gasteiger partial charge on any atom is 0.0985 e. The van der Waals surface area contributed by atoms with Gasteiger partial charge in [0.1, 0.15) is 0 Å². The molecule has 0 saturated heterocycles. The van der Waals surface area contributed by atoms with E-state index in [9.17, 15) is 10.5 Å². The Hall–Kier alpha value is -2.66. The van der Waals surface area contributed by atoms with Gasteiger partial charge in [-0.1, -0.05) is 73.5 Å². The maximum atomic E-state index is 10.0. The molecule has 1 heterocycles. The van der Waals surface area contributed by atoms with Gasteiger partial charge in [0.2, 0.25) is 0 Å². The van der Waals surface area contributed by atoms with Crippen molar-refractivity contribution in [2.45, 2.75) is 25.7 Å². The van der Waals surface area contributed by atoms with Crippen LogP contribution in [0.4, 0.5) is 0 Å². The fourth-order valence-corrected chi connectivity index (χ4v) is 4.56. The molecule has 2 aromatic rings. The fraction of sp³-hybridized carbons (Fsp3) is 0.217. The van der Waals surface area contributed by atoms with Gasteiger partial charge in [0, 0.05) is 5.02 Å². The Morgan fingerprint density at radius 1 is 1.00 bits per heavy atom. The molecule has 1 N–H and O–H groups in total. The molecule has 0 unspecified atom stereocenters. The largest absolute Gasteiger partial charge is 0.348 e. The van der Waals surface area contributed by atoms with Crippen molar-refractivity contribution >= 4 is 29.1 Å². The van der Waals surface area contributed by atoms with Gasteiger partial charge >= 0.3 is 0 Å². The molecule has 3 nitrogen and oxygen atoms in total. The van der Waals surface area contributed by atoms with Crippen LogP contribution >= 0.6 is 23.4 Å². The lowest BCUT2D eigenvalue weighted by Crippen LogP contribution is -2.24. The zero-order valence-corrected chi connectivity index (χ0v) is 17.1. The van der Waals surface area contributed by atoms with Gasteiger partial charge in [-0.3, -0.25) is 0 Å². The summed E-state index contributed by atoms with van der Waals surface area (Å²) in [6, 6.07) is 21.9. The molecule has 2 aromatic carbocycles. The number of nitrogens with zero attached hydrogens (tertiary/aromatic N) is 2. The molecule has 0 spiro atoms. The summed E-state index contributed by atoms with van der Waals surface area (Å²) in [5.41, 5.74) is 3.50. The summed E-state index contributed by atoms with van der Waals surface area (Å²) in [6.45, 7) is 2.14. The second kappa shape index (κ2) is 9.51. The normalized spacial score (nSPS) is 16.4. The van der Waals surface area contributed by atoms with Crippen molar-refractivity contribution in [3.63, 3.8) is 0 Å². The van der Waals surface area contributed by atoms with Crippen LogP contribution in [0.5, 0.6) is 0 Å². The van der Waals surface area contributed by atoms with E-state index < -0.39 is 5.92 Å². The number of thioether (sulfide) groups is 1. The van der Waals surface area contributed by atoms with Crippen molar-refractivity contribution in [3.8, 4) is 12.1 Å². The molecule has 0 radical (unpaired) electrons. The lowest BCUT2D eigenvalue weighted by molar-refractivity contribution is 0.891. The van der Waals surface area contributed by atoms with Crippen molar-refractivity contribution in [3.05, 3.63) is 86.9 Å². The van der Waals surface area contributed by atoms with E-state index in [4.69, 9.17) is 11.6 Å². The highest BCUT2D eigenvalue weighted by molar-refractivity contribution is 8.03. The van der Waals surface area contributed by atoms with E-state index in [1.54, 1.807) is 17.8 Å². The number of hydrogen-bond donors (Lipinski definition) is 1. The predicted octanol–water partition coefficient (Wildman–Crippen LogP) is 6.23. The number of dihydropyridines is 1. The lowest BCUT2D eigenvalue weighted by Gasteiger charge is -2.29. The summed E-state index contributed by atoms with van der Waals surface area (Å²) in [5.74, 6) is 0.424. The molecule has 0 bridgehead atoms. The fourth-order valence-electron chi connectivity index (χ4n) is 3.19. The minimum Gasteiger partial charge on any atom is -0.348 e. The van der Waals surface area contributed by atoms with Crippen LogP contribution in [-0.2, 0) is 0 Å². The number of unbranched alkanes of at least 4 members (excludes halogenated alkanes) is 1. The molecule has 1 atom stereocenters. The standard InChI is InChI=1S/C23H20ClN3S/c1-2-3-13-28-23-19(15-26)21(17-11-7-8-12-20(17)24)18(14-25)22(27-23)16-9-5-4-6-10-16/h4-12,21,27H,2-3,13H2,1H3/t21-/m0/s1. The first-order valence-electron chi connectivity index (χ1n) is 9.19. The maximum absolute atomic E-state index is 10.0. The Balaban J connectivity index is 2.20. The molecule has 140 valence electrons. The Morgan fingerprint density at radius 3 is 2.32 bits per heavy atom. The number of nitrogens with one attached hydrogen (secondary N) is 1. The van der Waals surface area contributed by atoms with Gasteiger partial charge in [-0.15, -0.1) is 11.8 Å². The highest BCUT2D eigenvalue weighted by atomic mass is 35.5. The van der Waals surface area contributed by atoms with Crippen molar-refractivity contribution in [2.24, 2.45) is 0 Å². The molecule has 3 rings (SSSR count). The first-order valence-corrected chi connectivity index (χ1v) is 10.6. The summed E-state index contributed by atoms with van der Waals surface area (Å²) >= 11 is 8.11. The van der Waals surface area contributed by atoms with E-state index in [1.807, 2.05) is 48.5 Å². The molecule has 28 heavy (non-hydrogen) atoms. The van der Waals surface area contributed by atoms with E-state index in [2.05, 4.69) is 24.4 Å². The van der Waals surface area contributed by atoms with Crippen LogP contribution < -0.4 is 5.32 Å². The molecule has 0 amide bonds. The Bertz CT molecular complexity index is 996. The predicted molar refractivity (Wildman–Crippen MR) is 116 cm³/mol. The van der Waals surface area contributed by atoms with Crippen molar-refractivity contribution in [2.75, 3.05) is 5.75 Å². The highest BCUT2D eigenvalue weighted by Gasteiger charge is 2.33. The van der Waals surface area contributed by atoms with Crippen molar-refractivity contribution in [1.29, 1.82) is 10.5 Å². The number of halogens is 1. The quantitative estimate of drug-likeness (QED) is 0.578. The van der Waals surface area contributed by atoms with E-state index >= 15 is 0 Å². The monoisotopic (exact) mass is 405 g/mol. The lowest BCUT2D eigenvalue weighted by atomic mass is 9.82. The second-order valence-electron chi connectivity index (χ2n) is 6.40. The first kappa shape index (κ1) is 20.1. The van der Waals surface area contributed by atoms with Gasteiger partial charge in [0.05, 0.1) is 39.9 Å². The van der Waals surface area contributed by atoms with Crippen LogP contribution in [0, 0.1) is 22.7 Å². The summed E-state index contributed by atoms with van der Waals surface area (Å²) in [4.78, 5) is 0. The third-order valence-corrected chi connectivity index (χ3v) is 6.04. The zero-order valence-electron chi connectivity index (χ0n) is 15.6. The first-order chi connectivity index (χ1) is 13.7. The Morgan fingerprint density at radius 2 is 1.68 bits per heavy atom. The molecule has 0 fully saturated rings.